The Morgan fingerprint density at radius 1 is 0.415 bits per heavy atom. The van der Waals surface area contributed by atoms with Crippen LogP contribution in [0.1, 0.15) is 13.8 Å². The van der Waals surface area contributed by atoms with E-state index >= 15 is 0 Å². The van der Waals surface area contributed by atoms with Gasteiger partial charge < -0.3 is 37.1 Å². The van der Waals surface area contributed by atoms with Crippen molar-refractivity contribution < 1.29 is 14.2 Å². The van der Waals surface area contributed by atoms with Crippen LogP contribution < -0.4 is 32.4 Å². The lowest BCUT2D eigenvalue weighted by molar-refractivity contribution is 0.162. The van der Waals surface area contributed by atoms with E-state index in [1.165, 1.54) is 0 Å². The van der Waals surface area contributed by atoms with E-state index in [1.807, 2.05) is 123 Å². The number of rotatable bonds is 7. The van der Waals surface area contributed by atoms with E-state index < -0.39 is 0 Å². The van der Waals surface area contributed by atoms with E-state index in [2.05, 4.69) is 0 Å². The summed E-state index contributed by atoms with van der Waals surface area (Å²) in [5.41, 5.74) is 27.9. The fraction of sp³-hybridized carbons (Fsp3) is 0.118. The zero-order valence-electron chi connectivity index (χ0n) is 23.5. The molecule has 0 fully saturated rings. The Labute approximate surface area is 242 Å². The predicted molar refractivity (Wildman–Crippen MR) is 171 cm³/mol. The SMILES string of the molecule is CCOCC.Nc1ccc(-c2ccc(N)cc2)cc1.Nc1cccc(Oc2ccc(Oc3cccc(N)c3)cc2)c1. The predicted octanol–water partition coefficient (Wildman–Crippen LogP) is 8.00. The Hall–Kier alpha value is -5.14. The van der Waals surface area contributed by atoms with Crippen LogP contribution in [-0.4, -0.2) is 13.2 Å². The molecule has 0 aliphatic carbocycles. The van der Waals surface area contributed by atoms with Crippen molar-refractivity contribution in [1.29, 1.82) is 0 Å². The van der Waals surface area contributed by atoms with Crippen LogP contribution in [0, 0.1) is 0 Å². The molecule has 5 aromatic rings. The van der Waals surface area contributed by atoms with Gasteiger partial charge in [-0.25, -0.2) is 0 Å². The minimum absolute atomic E-state index is 0.666. The summed E-state index contributed by atoms with van der Waals surface area (Å²) in [5.74, 6) is 2.82. The number of benzene rings is 5. The highest BCUT2D eigenvalue weighted by molar-refractivity contribution is 5.67. The number of nitrogen functional groups attached to an aromatic ring is 4. The van der Waals surface area contributed by atoms with Gasteiger partial charge in [0.1, 0.15) is 23.0 Å². The maximum atomic E-state index is 5.73. The van der Waals surface area contributed by atoms with Gasteiger partial charge in [0.2, 0.25) is 0 Å². The van der Waals surface area contributed by atoms with E-state index in [0.29, 0.717) is 34.4 Å². The smallest absolute Gasteiger partial charge is 0.129 e. The fourth-order valence-corrected chi connectivity index (χ4v) is 3.56. The van der Waals surface area contributed by atoms with Crippen LogP contribution in [0.5, 0.6) is 23.0 Å². The topological polar surface area (TPSA) is 132 Å². The van der Waals surface area contributed by atoms with Crippen LogP contribution >= 0.6 is 0 Å². The van der Waals surface area contributed by atoms with E-state index in [-0.39, 0.29) is 0 Å². The molecule has 0 heterocycles. The number of ether oxygens (including phenoxy) is 3. The quantitative estimate of drug-likeness (QED) is 0.151. The zero-order chi connectivity index (χ0) is 29.5. The first kappa shape index (κ1) is 30.4. The zero-order valence-corrected chi connectivity index (χ0v) is 23.5. The highest BCUT2D eigenvalue weighted by Crippen LogP contribution is 2.28. The number of hydrogen-bond acceptors (Lipinski definition) is 7. The normalized spacial score (nSPS) is 9.90. The third kappa shape index (κ3) is 10.9. The van der Waals surface area contributed by atoms with Gasteiger partial charge in [-0.05, 0) is 97.8 Å². The van der Waals surface area contributed by atoms with Gasteiger partial charge in [0.25, 0.3) is 0 Å². The Morgan fingerprint density at radius 2 is 0.780 bits per heavy atom. The van der Waals surface area contributed by atoms with Gasteiger partial charge in [-0.1, -0.05) is 36.4 Å². The average Bonchev–Trinajstić information content (AvgIpc) is 2.96. The van der Waals surface area contributed by atoms with Gasteiger partial charge >= 0.3 is 0 Å². The maximum absolute atomic E-state index is 5.73. The molecule has 7 heteroatoms. The third-order valence-corrected chi connectivity index (χ3v) is 5.57. The molecular weight excluding hydrogens is 512 g/mol. The van der Waals surface area contributed by atoms with Crippen LogP contribution in [0.4, 0.5) is 22.7 Å². The van der Waals surface area contributed by atoms with Crippen molar-refractivity contribution in [2.24, 2.45) is 0 Å². The minimum Gasteiger partial charge on any atom is -0.457 e. The van der Waals surface area contributed by atoms with E-state index in [9.17, 15) is 0 Å². The summed E-state index contributed by atoms with van der Waals surface area (Å²) in [6.45, 7) is 5.67. The van der Waals surface area contributed by atoms with Gasteiger partial charge in [0.15, 0.2) is 0 Å². The Morgan fingerprint density at radius 3 is 1.07 bits per heavy atom. The largest absolute Gasteiger partial charge is 0.457 e. The van der Waals surface area contributed by atoms with Crippen molar-refractivity contribution >= 4 is 22.7 Å². The summed E-state index contributed by atoms with van der Waals surface area (Å²) in [6.07, 6.45) is 0. The third-order valence-electron chi connectivity index (χ3n) is 5.57. The van der Waals surface area contributed by atoms with Crippen LogP contribution in [-0.2, 0) is 4.74 Å². The van der Waals surface area contributed by atoms with Gasteiger partial charge in [-0.3, -0.25) is 0 Å². The molecule has 41 heavy (non-hydrogen) atoms. The summed E-state index contributed by atoms with van der Waals surface area (Å²) in [6, 6.07) is 37.5. The monoisotopic (exact) mass is 550 g/mol. The molecule has 0 unspecified atom stereocenters. The van der Waals surface area contributed by atoms with Gasteiger partial charge in [0, 0.05) is 48.1 Å². The first-order valence-corrected chi connectivity index (χ1v) is 13.3. The second-order valence-corrected chi connectivity index (χ2v) is 8.85. The standard InChI is InChI=1S/C18H16N2O2.C12H12N2.C4H10O/c19-13-3-1-5-17(11-13)21-15-7-9-16(10-8-15)22-18-6-2-4-14(20)12-18;13-11-5-1-9(2-6-11)10-3-7-12(14)8-4-10;1-3-5-4-2/h1-12H,19-20H2;1-8H,13-14H2;3-4H2,1-2H3. The molecule has 0 aliphatic rings. The molecule has 5 rings (SSSR count). The first-order valence-electron chi connectivity index (χ1n) is 13.3. The molecule has 7 nitrogen and oxygen atoms in total. The number of nitrogens with two attached hydrogens (primary N) is 4. The lowest BCUT2D eigenvalue weighted by Gasteiger charge is -2.09. The van der Waals surface area contributed by atoms with Crippen LogP contribution in [0.2, 0.25) is 0 Å². The van der Waals surface area contributed by atoms with Crippen molar-refractivity contribution in [3.05, 3.63) is 121 Å². The van der Waals surface area contributed by atoms with E-state index in [4.69, 9.17) is 37.1 Å². The minimum atomic E-state index is 0.666. The molecule has 0 spiro atoms. The maximum Gasteiger partial charge on any atom is 0.129 e. The molecule has 0 radical (unpaired) electrons. The van der Waals surface area contributed by atoms with Crippen LogP contribution in [0.25, 0.3) is 11.1 Å². The summed E-state index contributed by atoms with van der Waals surface area (Å²) in [7, 11) is 0. The molecule has 0 amide bonds. The molecule has 212 valence electrons. The molecule has 0 aliphatic heterocycles. The Balaban J connectivity index is 0.000000207. The van der Waals surface area contributed by atoms with Crippen molar-refractivity contribution in [1.82, 2.24) is 0 Å². The molecule has 0 atom stereocenters. The van der Waals surface area contributed by atoms with Gasteiger partial charge in [0.05, 0.1) is 0 Å². The van der Waals surface area contributed by atoms with Crippen LogP contribution in [0.15, 0.2) is 121 Å². The fourth-order valence-electron chi connectivity index (χ4n) is 3.56. The summed E-state index contributed by atoms with van der Waals surface area (Å²) < 4.78 is 16.3. The van der Waals surface area contributed by atoms with Crippen molar-refractivity contribution in [3.63, 3.8) is 0 Å². The van der Waals surface area contributed by atoms with Gasteiger partial charge in [-0.2, -0.15) is 0 Å². The first-order chi connectivity index (χ1) is 19.9. The van der Waals surface area contributed by atoms with E-state index in [0.717, 1.165) is 35.7 Å². The molecule has 0 aromatic heterocycles. The lowest BCUT2D eigenvalue weighted by Crippen LogP contribution is -1.89. The molecular formula is C34H38N4O3. The second-order valence-electron chi connectivity index (χ2n) is 8.85. The molecule has 0 bridgehead atoms. The highest BCUT2D eigenvalue weighted by atomic mass is 16.5. The summed E-state index contributed by atoms with van der Waals surface area (Å²) >= 11 is 0. The highest BCUT2D eigenvalue weighted by Gasteiger charge is 2.01. The summed E-state index contributed by atoms with van der Waals surface area (Å²) in [4.78, 5) is 0. The number of hydrogen-bond donors (Lipinski definition) is 4. The molecule has 0 saturated heterocycles. The molecule has 5 aromatic carbocycles. The van der Waals surface area contributed by atoms with Crippen LogP contribution in [0.3, 0.4) is 0 Å². The lowest BCUT2D eigenvalue weighted by atomic mass is 10.1. The second kappa shape index (κ2) is 16.1. The van der Waals surface area contributed by atoms with E-state index in [1.54, 1.807) is 12.1 Å². The van der Waals surface area contributed by atoms with Crippen molar-refractivity contribution in [2.45, 2.75) is 13.8 Å². The van der Waals surface area contributed by atoms with Crippen molar-refractivity contribution in [3.8, 4) is 34.1 Å². The molecule has 8 N–H and O–H groups in total. The number of anilines is 4. The van der Waals surface area contributed by atoms with Crippen molar-refractivity contribution in [2.75, 3.05) is 36.1 Å². The average molecular weight is 551 g/mol. The Bertz CT molecular complexity index is 1340. The molecule has 0 saturated carbocycles. The summed E-state index contributed by atoms with van der Waals surface area (Å²) in [5, 5.41) is 0. The Kier molecular flexibility index (Phi) is 11.9. The van der Waals surface area contributed by atoms with Gasteiger partial charge in [-0.15, -0.1) is 0 Å².